The van der Waals surface area contributed by atoms with E-state index in [4.69, 9.17) is 4.98 Å². The zero-order valence-corrected chi connectivity index (χ0v) is 15.0. The zero-order chi connectivity index (χ0) is 17.4. The highest BCUT2D eigenvalue weighted by Gasteiger charge is 2.11. The Balaban J connectivity index is 1.66. The molecule has 0 spiro atoms. The van der Waals surface area contributed by atoms with Crippen LogP contribution in [0.3, 0.4) is 0 Å². The Morgan fingerprint density at radius 1 is 1.12 bits per heavy atom. The predicted octanol–water partition coefficient (Wildman–Crippen LogP) is 3.66. The van der Waals surface area contributed by atoms with E-state index in [-0.39, 0.29) is 5.56 Å². The van der Waals surface area contributed by atoms with Crippen LogP contribution in [0.1, 0.15) is 18.2 Å². The lowest BCUT2D eigenvalue weighted by atomic mass is 10.3. The molecule has 0 unspecified atom stereocenters. The van der Waals surface area contributed by atoms with Gasteiger partial charge in [-0.15, -0.1) is 0 Å². The van der Waals surface area contributed by atoms with E-state index < -0.39 is 0 Å². The fourth-order valence-electron chi connectivity index (χ4n) is 2.94. The van der Waals surface area contributed by atoms with E-state index in [1.165, 1.54) is 0 Å². The van der Waals surface area contributed by atoms with Crippen molar-refractivity contribution in [3.63, 3.8) is 0 Å². The molecule has 6 heteroatoms. The second kappa shape index (κ2) is 6.37. The number of aryl methyl sites for hydroxylation is 2. The van der Waals surface area contributed by atoms with Gasteiger partial charge >= 0.3 is 0 Å². The average Bonchev–Trinajstić information content (AvgIpc) is 2.98. The molecule has 0 aliphatic rings. The van der Waals surface area contributed by atoms with E-state index in [9.17, 15) is 4.79 Å². The maximum absolute atomic E-state index is 12.3. The Labute approximate surface area is 149 Å². The van der Waals surface area contributed by atoms with E-state index in [0.717, 1.165) is 34.0 Å². The molecule has 3 aromatic heterocycles. The van der Waals surface area contributed by atoms with Crippen molar-refractivity contribution >= 4 is 28.4 Å². The minimum atomic E-state index is -0.0479. The Hall–Kier alpha value is -2.60. The molecule has 25 heavy (non-hydrogen) atoms. The van der Waals surface area contributed by atoms with Gasteiger partial charge in [0.05, 0.1) is 16.7 Å². The van der Waals surface area contributed by atoms with Gasteiger partial charge in [-0.05, 0) is 37.6 Å². The van der Waals surface area contributed by atoms with Crippen molar-refractivity contribution in [2.24, 2.45) is 0 Å². The van der Waals surface area contributed by atoms with Gasteiger partial charge < -0.3 is 4.57 Å². The normalized spacial score (nSPS) is 11.4. The maximum Gasteiger partial charge on any atom is 0.258 e. The summed E-state index contributed by atoms with van der Waals surface area (Å²) < 4.78 is 3.78. The first-order valence-electron chi connectivity index (χ1n) is 8.22. The van der Waals surface area contributed by atoms with Crippen LogP contribution >= 0.6 is 11.8 Å². The number of benzene rings is 1. The fourth-order valence-corrected chi connectivity index (χ4v) is 3.91. The molecule has 0 aliphatic heterocycles. The number of rotatable bonds is 4. The summed E-state index contributed by atoms with van der Waals surface area (Å²) in [4.78, 5) is 21.6. The van der Waals surface area contributed by atoms with Gasteiger partial charge in [0.2, 0.25) is 0 Å². The Morgan fingerprint density at radius 3 is 2.80 bits per heavy atom. The van der Waals surface area contributed by atoms with Crippen molar-refractivity contribution in [3.8, 4) is 0 Å². The zero-order valence-electron chi connectivity index (χ0n) is 14.1. The standard InChI is InChI=1S/C19H18N4OS/c1-3-22-16-7-5-4-6-15(16)21-19(22)25-12-14-10-18(24)23-11-13(2)8-9-17(23)20-14/h4-11H,3,12H2,1-2H3. The monoisotopic (exact) mass is 350 g/mol. The van der Waals surface area contributed by atoms with Crippen LogP contribution in [-0.2, 0) is 12.3 Å². The van der Waals surface area contributed by atoms with Crippen LogP contribution in [0.4, 0.5) is 0 Å². The second-order valence-electron chi connectivity index (χ2n) is 5.94. The molecule has 5 nitrogen and oxygen atoms in total. The van der Waals surface area contributed by atoms with Crippen molar-refractivity contribution < 1.29 is 0 Å². The molecule has 0 saturated carbocycles. The van der Waals surface area contributed by atoms with Crippen LogP contribution in [0.5, 0.6) is 0 Å². The largest absolute Gasteiger partial charge is 0.319 e. The van der Waals surface area contributed by atoms with E-state index in [1.54, 1.807) is 22.2 Å². The van der Waals surface area contributed by atoms with Gasteiger partial charge in [-0.1, -0.05) is 30.0 Å². The van der Waals surface area contributed by atoms with Crippen molar-refractivity contribution in [2.45, 2.75) is 31.3 Å². The molecule has 4 aromatic rings. The molecule has 0 saturated heterocycles. The molecule has 0 atom stereocenters. The van der Waals surface area contributed by atoms with Crippen LogP contribution in [0, 0.1) is 6.92 Å². The summed E-state index contributed by atoms with van der Waals surface area (Å²) in [6, 6.07) is 13.6. The first kappa shape index (κ1) is 15.9. The number of aromatic nitrogens is 4. The maximum atomic E-state index is 12.3. The number of hydrogen-bond acceptors (Lipinski definition) is 4. The summed E-state index contributed by atoms with van der Waals surface area (Å²) in [7, 11) is 0. The predicted molar refractivity (Wildman–Crippen MR) is 101 cm³/mol. The highest BCUT2D eigenvalue weighted by Crippen LogP contribution is 2.26. The first-order chi connectivity index (χ1) is 12.2. The first-order valence-corrected chi connectivity index (χ1v) is 9.21. The second-order valence-corrected chi connectivity index (χ2v) is 6.88. The quantitative estimate of drug-likeness (QED) is 0.527. The van der Waals surface area contributed by atoms with Crippen LogP contribution in [0.2, 0.25) is 0 Å². The van der Waals surface area contributed by atoms with Gasteiger partial charge in [0.15, 0.2) is 5.16 Å². The number of thioether (sulfide) groups is 1. The van der Waals surface area contributed by atoms with Crippen molar-refractivity contribution in [1.82, 2.24) is 18.9 Å². The molecule has 3 heterocycles. The lowest BCUT2D eigenvalue weighted by Gasteiger charge is -2.07. The van der Waals surface area contributed by atoms with Gasteiger partial charge in [-0.2, -0.15) is 0 Å². The summed E-state index contributed by atoms with van der Waals surface area (Å²) >= 11 is 1.61. The van der Waals surface area contributed by atoms with Gasteiger partial charge in [-0.3, -0.25) is 9.20 Å². The van der Waals surface area contributed by atoms with Crippen molar-refractivity contribution in [1.29, 1.82) is 0 Å². The number of fused-ring (bicyclic) bond motifs is 2. The summed E-state index contributed by atoms with van der Waals surface area (Å²) in [5, 5.41) is 0.953. The lowest BCUT2D eigenvalue weighted by molar-refractivity contribution is 0.702. The Bertz CT molecular complexity index is 1130. The molecule has 0 N–H and O–H groups in total. The van der Waals surface area contributed by atoms with E-state index >= 15 is 0 Å². The van der Waals surface area contributed by atoms with Crippen LogP contribution < -0.4 is 5.56 Å². The molecule has 0 fully saturated rings. The number of pyridine rings is 1. The molecule has 0 bridgehead atoms. The molecule has 0 amide bonds. The van der Waals surface area contributed by atoms with E-state index in [1.807, 2.05) is 43.5 Å². The SMILES string of the molecule is CCn1c(SCc2cc(=O)n3cc(C)ccc3n2)nc2ccccc21. The highest BCUT2D eigenvalue weighted by molar-refractivity contribution is 7.98. The highest BCUT2D eigenvalue weighted by atomic mass is 32.2. The average molecular weight is 350 g/mol. The number of imidazole rings is 1. The van der Waals surface area contributed by atoms with Crippen LogP contribution in [-0.4, -0.2) is 18.9 Å². The molecule has 4 rings (SSSR count). The summed E-state index contributed by atoms with van der Waals surface area (Å²) in [5.41, 5.74) is 4.57. The molecule has 0 radical (unpaired) electrons. The Kier molecular flexibility index (Phi) is 4.05. The van der Waals surface area contributed by atoms with Gasteiger partial charge in [0, 0.05) is 24.6 Å². The summed E-state index contributed by atoms with van der Waals surface area (Å²) in [6.45, 7) is 4.93. The number of nitrogens with zero attached hydrogens (tertiary/aromatic N) is 4. The topological polar surface area (TPSA) is 52.2 Å². The van der Waals surface area contributed by atoms with Gasteiger partial charge in [-0.25, -0.2) is 9.97 Å². The summed E-state index contributed by atoms with van der Waals surface area (Å²) in [5.74, 6) is 0.614. The molecular weight excluding hydrogens is 332 g/mol. The van der Waals surface area contributed by atoms with Crippen LogP contribution in [0.25, 0.3) is 16.7 Å². The molecule has 1 aromatic carbocycles. The molecular formula is C19H18N4OS. The smallest absolute Gasteiger partial charge is 0.258 e. The third-order valence-electron chi connectivity index (χ3n) is 4.15. The molecule has 126 valence electrons. The van der Waals surface area contributed by atoms with E-state index in [0.29, 0.717) is 11.4 Å². The number of para-hydroxylation sites is 2. The Morgan fingerprint density at radius 2 is 1.96 bits per heavy atom. The van der Waals surface area contributed by atoms with Crippen molar-refractivity contribution in [3.05, 3.63) is 70.3 Å². The lowest BCUT2D eigenvalue weighted by Crippen LogP contribution is -2.15. The molecule has 0 aliphatic carbocycles. The minimum absolute atomic E-state index is 0.0479. The van der Waals surface area contributed by atoms with Gasteiger partial charge in [0.1, 0.15) is 5.65 Å². The van der Waals surface area contributed by atoms with Gasteiger partial charge in [0.25, 0.3) is 5.56 Å². The van der Waals surface area contributed by atoms with Crippen molar-refractivity contribution in [2.75, 3.05) is 0 Å². The van der Waals surface area contributed by atoms with Crippen LogP contribution in [0.15, 0.2) is 58.6 Å². The number of hydrogen-bond donors (Lipinski definition) is 0. The minimum Gasteiger partial charge on any atom is -0.319 e. The summed E-state index contributed by atoms with van der Waals surface area (Å²) in [6.07, 6.45) is 1.82. The third-order valence-corrected chi connectivity index (χ3v) is 5.16. The fraction of sp³-hybridized carbons (Fsp3) is 0.211. The third kappa shape index (κ3) is 2.93. The van der Waals surface area contributed by atoms with E-state index in [2.05, 4.69) is 22.5 Å².